The first kappa shape index (κ1) is 15.0. The molecule has 1 rings (SSSR count). The largest absolute Gasteiger partial charge is 0.481 e. The summed E-state index contributed by atoms with van der Waals surface area (Å²) in [7, 11) is 0. The van der Waals surface area contributed by atoms with Crippen molar-refractivity contribution >= 4 is 11.9 Å². The minimum absolute atomic E-state index is 0.0352. The molecule has 0 radical (unpaired) electrons. The molecule has 1 aliphatic rings. The van der Waals surface area contributed by atoms with Crippen molar-refractivity contribution in [1.29, 1.82) is 0 Å². The number of aliphatic carboxylic acids is 1. The number of carbonyl (C=O) groups excluding carboxylic acids is 1. The number of carboxylic acids is 1. The Kier molecular flexibility index (Phi) is 5.14. The molecular weight excluding hydrogens is 232 g/mol. The minimum Gasteiger partial charge on any atom is -0.481 e. The fourth-order valence-corrected chi connectivity index (χ4v) is 2.54. The zero-order valence-corrected chi connectivity index (χ0v) is 11.3. The van der Waals surface area contributed by atoms with Gasteiger partial charge in [-0.1, -0.05) is 20.3 Å². The predicted octanol–water partition coefficient (Wildman–Crippen LogP) is 1.22. The highest BCUT2D eigenvalue weighted by Crippen LogP contribution is 2.35. The van der Waals surface area contributed by atoms with Crippen molar-refractivity contribution in [3.05, 3.63) is 0 Å². The summed E-state index contributed by atoms with van der Waals surface area (Å²) in [4.78, 5) is 25.0. The molecule has 1 aliphatic heterocycles. The van der Waals surface area contributed by atoms with Crippen LogP contribution in [0.2, 0.25) is 0 Å². The monoisotopic (exact) mass is 256 g/mol. The van der Waals surface area contributed by atoms with Gasteiger partial charge in [-0.25, -0.2) is 0 Å². The lowest BCUT2D eigenvalue weighted by Gasteiger charge is -2.39. The average Bonchev–Trinajstić information content (AvgIpc) is 2.38. The molecule has 1 saturated heterocycles. The van der Waals surface area contributed by atoms with Crippen LogP contribution >= 0.6 is 0 Å². The number of rotatable bonds is 5. The Morgan fingerprint density at radius 2 is 1.89 bits per heavy atom. The molecule has 1 atom stereocenters. The van der Waals surface area contributed by atoms with E-state index in [1.807, 2.05) is 13.8 Å². The molecule has 3 N–H and O–H groups in total. The molecule has 1 heterocycles. The minimum atomic E-state index is -0.741. The van der Waals surface area contributed by atoms with E-state index in [0.717, 1.165) is 6.42 Å². The molecular formula is C13H24N2O3. The van der Waals surface area contributed by atoms with Crippen molar-refractivity contribution in [2.24, 2.45) is 11.1 Å². The number of likely N-dealkylation sites (tertiary alicyclic amines) is 1. The topological polar surface area (TPSA) is 83.6 Å². The second-order valence-electron chi connectivity index (χ2n) is 5.16. The van der Waals surface area contributed by atoms with Crippen LogP contribution in [0.4, 0.5) is 0 Å². The zero-order chi connectivity index (χ0) is 13.8. The van der Waals surface area contributed by atoms with Gasteiger partial charge in [-0.05, 0) is 25.7 Å². The van der Waals surface area contributed by atoms with Gasteiger partial charge in [0.15, 0.2) is 0 Å². The van der Waals surface area contributed by atoms with Gasteiger partial charge in [-0.2, -0.15) is 0 Å². The third-order valence-corrected chi connectivity index (χ3v) is 4.08. The molecule has 0 aromatic heterocycles. The van der Waals surface area contributed by atoms with Gasteiger partial charge in [0.1, 0.15) is 0 Å². The molecule has 1 fully saturated rings. The normalized spacial score (nSPS) is 20.5. The van der Waals surface area contributed by atoms with Gasteiger partial charge in [-0.3, -0.25) is 9.59 Å². The molecule has 18 heavy (non-hydrogen) atoms. The first-order chi connectivity index (χ1) is 8.46. The number of hydrogen-bond donors (Lipinski definition) is 2. The van der Waals surface area contributed by atoms with Crippen LogP contribution < -0.4 is 5.73 Å². The molecule has 0 bridgehead atoms. The van der Waals surface area contributed by atoms with Crippen molar-refractivity contribution in [3.8, 4) is 0 Å². The Morgan fingerprint density at radius 1 is 1.33 bits per heavy atom. The van der Waals surface area contributed by atoms with E-state index in [2.05, 4.69) is 0 Å². The number of hydrogen-bond acceptors (Lipinski definition) is 3. The van der Waals surface area contributed by atoms with Crippen LogP contribution in [-0.4, -0.2) is 41.0 Å². The zero-order valence-electron chi connectivity index (χ0n) is 11.3. The third kappa shape index (κ3) is 3.02. The highest BCUT2D eigenvalue weighted by Gasteiger charge is 2.41. The van der Waals surface area contributed by atoms with E-state index < -0.39 is 17.4 Å². The lowest BCUT2D eigenvalue weighted by Crippen LogP contribution is -2.51. The van der Waals surface area contributed by atoms with Crippen LogP contribution in [-0.2, 0) is 9.59 Å². The Balaban J connectivity index is 2.58. The van der Waals surface area contributed by atoms with Gasteiger partial charge >= 0.3 is 5.97 Å². The molecule has 0 spiro atoms. The van der Waals surface area contributed by atoms with E-state index in [0.29, 0.717) is 38.8 Å². The van der Waals surface area contributed by atoms with Crippen LogP contribution in [0, 0.1) is 5.41 Å². The van der Waals surface area contributed by atoms with E-state index in [9.17, 15) is 14.7 Å². The van der Waals surface area contributed by atoms with Crippen molar-refractivity contribution in [2.75, 3.05) is 13.1 Å². The Hall–Kier alpha value is -1.10. The predicted molar refractivity (Wildman–Crippen MR) is 69.1 cm³/mol. The van der Waals surface area contributed by atoms with E-state index >= 15 is 0 Å². The maximum atomic E-state index is 12.0. The lowest BCUT2D eigenvalue weighted by atomic mass is 9.76. The van der Waals surface area contributed by atoms with Gasteiger partial charge in [0.2, 0.25) is 5.91 Å². The Bertz CT molecular complexity index is 309. The Morgan fingerprint density at radius 3 is 2.28 bits per heavy atom. The van der Waals surface area contributed by atoms with E-state index in [-0.39, 0.29) is 5.91 Å². The lowest BCUT2D eigenvalue weighted by molar-refractivity contribution is -0.154. The Labute approximate surface area is 108 Å². The summed E-state index contributed by atoms with van der Waals surface area (Å²) in [6.45, 7) is 4.91. The van der Waals surface area contributed by atoms with E-state index in [1.165, 1.54) is 0 Å². The maximum absolute atomic E-state index is 12.0. The molecule has 104 valence electrons. The van der Waals surface area contributed by atoms with Gasteiger partial charge in [0.05, 0.1) is 11.5 Å². The number of carboxylic acid groups (broad SMARTS) is 1. The molecule has 0 saturated carbocycles. The summed E-state index contributed by atoms with van der Waals surface area (Å²) in [6, 6.07) is -0.436. The van der Waals surface area contributed by atoms with Gasteiger partial charge in [0, 0.05) is 13.1 Å². The first-order valence-corrected chi connectivity index (χ1v) is 6.74. The van der Waals surface area contributed by atoms with Crippen molar-refractivity contribution in [2.45, 2.75) is 52.0 Å². The number of nitrogens with two attached hydrogens (primary N) is 1. The number of piperidine rings is 1. The van der Waals surface area contributed by atoms with Gasteiger partial charge in [-0.15, -0.1) is 0 Å². The van der Waals surface area contributed by atoms with Crippen LogP contribution in [0.1, 0.15) is 46.0 Å². The van der Waals surface area contributed by atoms with Crippen LogP contribution in [0.3, 0.4) is 0 Å². The molecule has 0 aromatic rings. The number of carbonyl (C=O) groups is 2. The van der Waals surface area contributed by atoms with Crippen molar-refractivity contribution in [3.63, 3.8) is 0 Å². The van der Waals surface area contributed by atoms with Crippen molar-refractivity contribution < 1.29 is 14.7 Å². The SMILES string of the molecule is CCC[C@@H](N)C(=O)N1CCC(CC)(C(=O)O)CC1. The molecule has 1 amide bonds. The van der Waals surface area contributed by atoms with Crippen LogP contribution in [0.25, 0.3) is 0 Å². The first-order valence-electron chi connectivity index (χ1n) is 6.74. The smallest absolute Gasteiger partial charge is 0.309 e. The summed E-state index contributed by atoms with van der Waals surface area (Å²) in [5, 5.41) is 9.28. The summed E-state index contributed by atoms with van der Waals surface area (Å²) in [5.41, 5.74) is 5.16. The molecule has 0 aromatic carbocycles. The second-order valence-corrected chi connectivity index (χ2v) is 5.16. The van der Waals surface area contributed by atoms with Gasteiger partial charge < -0.3 is 15.7 Å². The summed E-state index contributed by atoms with van der Waals surface area (Å²) < 4.78 is 0. The molecule has 5 heteroatoms. The van der Waals surface area contributed by atoms with E-state index in [4.69, 9.17) is 5.73 Å². The van der Waals surface area contributed by atoms with Crippen LogP contribution in [0.5, 0.6) is 0 Å². The van der Waals surface area contributed by atoms with Crippen LogP contribution in [0.15, 0.2) is 0 Å². The fraction of sp³-hybridized carbons (Fsp3) is 0.846. The average molecular weight is 256 g/mol. The highest BCUT2D eigenvalue weighted by atomic mass is 16.4. The fourth-order valence-electron chi connectivity index (χ4n) is 2.54. The second kappa shape index (κ2) is 6.18. The molecule has 5 nitrogen and oxygen atoms in total. The summed E-state index contributed by atoms with van der Waals surface area (Å²) >= 11 is 0. The summed E-state index contributed by atoms with van der Waals surface area (Å²) in [6.07, 6.45) is 3.25. The number of amides is 1. The summed E-state index contributed by atoms with van der Waals surface area (Å²) in [5.74, 6) is -0.776. The number of nitrogens with zero attached hydrogens (tertiary/aromatic N) is 1. The molecule has 0 aliphatic carbocycles. The van der Waals surface area contributed by atoms with Crippen molar-refractivity contribution in [1.82, 2.24) is 4.90 Å². The van der Waals surface area contributed by atoms with E-state index in [1.54, 1.807) is 4.90 Å². The third-order valence-electron chi connectivity index (χ3n) is 4.08. The molecule has 0 unspecified atom stereocenters. The quantitative estimate of drug-likeness (QED) is 0.774. The van der Waals surface area contributed by atoms with Gasteiger partial charge in [0.25, 0.3) is 0 Å². The highest BCUT2D eigenvalue weighted by molar-refractivity contribution is 5.82. The maximum Gasteiger partial charge on any atom is 0.309 e. The standard InChI is InChI=1S/C13H24N2O3/c1-3-5-10(14)11(16)15-8-6-13(4-2,7-9-15)12(17)18/h10H,3-9,14H2,1-2H3,(H,17,18)/t10-/m1/s1.